The van der Waals surface area contributed by atoms with Gasteiger partial charge < -0.3 is 0 Å². The molecular formula is H4Al2O2Si. The van der Waals surface area contributed by atoms with E-state index in [2.05, 4.69) is 0 Å². The molecule has 0 heterocycles. The van der Waals surface area contributed by atoms with Crippen LogP contribution in [-0.2, 0) is 7.61 Å². The Morgan fingerprint density at radius 3 is 1.60 bits per heavy atom. The average Bonchev–Trinajstić information content (AvgIpc) is 1.46. The number of rotatable bonds is 0. The molecule has 0 rings (SSSR count). The van der Waals surface area contributed by atoms with E-state index in [4.69, 9.17) is 7.61 Å². The van der Waals surface area contributed by atoms with Crippen LogP contribution in [0.5, 0.6) is 0 Å². The molecule has 0 unspecified atom stereocenters. The molecule has 26 valence electrons. The first-order valence-corrected chi connectivity index (χ1v) is 6.77. The molecule has 0 aromatic heterocycles. The minimum absolute atomic E-state index is 0.361. The summed E-state index contributed by atoms with van der Waals surface area (Å²) in [4.78, 5) is 0. The molecule has 5 heteroatoms. The van der Waals surface area contributed by atoms with Crippen molar-refractivity contribution in [3.8, 4) is 0 Å². The summed E-state index contributed by atoms with van der Waals surface area (Å²) in [6.07, 6.45) is 0. The van der Waals surface area contributed by atoms with Gasteiger partial charge in [0.1, 0.15) is 0 Å². The zero-order valence-electron chi connectivity index (χ0n) is 3.10. The summed E-state index contributed by atoms with van der Waals surface area (Å²) in [5.41, 5.74) is 0. The second kappa shape index (κ2) is 20.8. The summed E-state index contributed by atoms with van der Waals surface area (Å²) < 4.78 is 17.4. The van der Waals surface area contributed by atoms with Crippen LogP contribution in [0, 0.1) is 0 Å². The van der Waals surface area contributed by atoms with E-state index in [1.54, 1.807) is 0 Å². The van der Waals surface area contributed by atoms with Gasteiger partial charge in [0.05, 0.1) is 0 Å². The van der Waals surface area contributed by atoms with Gasteiger partial charge >= 0.3 is 47.1 Å². The van der Waals surface area contributed by atoms with E-state index in [-0.39, 0.29) is 14.5 Å². The first-order chi connectivity index (χ1) is 2.41. The molecule has 0 N–H and O–H groups in total. The first-order valence-electron chi connectivity index (χ1n) is 1.10. The molecular weight excluding hydrogens is 114 g/mol. The maximum atomic E-state index is 9.08. The Balaban J connectivity index is 0. The Hall–Kier alpha value is 0.882. The molecule has 0 bridgehead atoms. The molecule has 0 aliphatic heterocycles. The molecule has 0 aliphatic carbocycles. The van der Waals surface area contributed by atoms with Crippen molar-refractivity contribution in [1.82, 2.24) is 0 Å². The molecule has 0 radical (unpaired) electrons. The predicted octanol–water partition coefficient (Wildman–Crippen LogP) is -2.45. The van der Waals surface area contributed by atoms with Crippen molar-refractivity contribution >= 4 is 39.5 Å². The molecule has 0 spiro atoms. The third kappa shape index (κ3) is 52.1. The van der Waals surface area contributed by atoms with Crippen LogP contribution in [0.25, 0.3) is 0 Å². The first kappa shape index (κ1) is 9.30. The average molecular weight is 118 g/mol. The van der Waals surface area contributed by atoms with Gasteiger partial charge in [-0.1, -0.05) is 0 Å². The van der Waals surface area contributed by atoms with Gasteiger partial charge in [-0.15, -0.1) is 0 Å². The molecule has 0 atom stereocenters. The van der Waals surface area contributed by atoms with Crippen LogP contribution >= 0.6 is 0 Å². The molecule has 0 fully saturated rings. The predicted molar refractivity (Wildman–Crippen MR) is 24.2 cm³/mol. The Morgan fingerprint density at radius 1 is 1.60 bits per heavy atom. The van der Waals surface area contributed by atoms with Gasteiger partial charge in [0, 0.05) is 0 Å². The van der Waals surface area contributed by atoms with Crippen LogP contribution in [0.2, 0.25) is 0 Å². The van der Waals surface area contributed by atoms with Crippen LogP contribution in [0.1, 0.15) is 0 Å². The van der Waals surface area contributed by atoms with Crippen molar-refractivity contribution in [3.05, 3.63) is 0 Å². The zero-order valence-corrected chi connectivity index (χ0v) is 7.67. The van der Waals surface area contributed by atoms with Crippen LogP contribution < -0.4 is 0 Å². The topological polar surface area (TPSA) is 34.1 Å². The van der Waals surface area contributed by atoms with Gasteiger partial charge in [-0.25, -0.2) is 0 Å². The van der Waals surface area contributed by atoms with Crippen molar-refractivity contribution in [1.29, 1.82) is 0 Å². The van der Waals surface area contributed by atoms with E-state index in [0.29, 0.717) is 16.2 Å². The Morgan fingerprint density at radius 2 is 1.60 bits per heavy atom. The fraction of sp³-hybridized carbons (Fsp3) is 0. The molecule has 0 aliphatic rings. The second-order valence-corrected chi connectivity index (χ2v) is 2.12. The maximum absolute atomic E-state index is 9.08. The summed E-state index contributed by atoms with van der Waals surface area (Å²) in [6, 6.07) is 0. The van der Waals surface area contributed by atoms with Gasteiger partial charge in [0.25, 0.3) is 0 Å². The second-order valence-electron chi connectivity index (χ2n) is 0.236. The third-order valence-corrected chi connectivity index (χ3v) is 0. The summed E-state index contributed by atoms with van der Waals surface area (Å²) >= 11 is 0.250. The fourth-order valence-electron chi connectivity index (χ4n) is 0. The molecule has 5 heavy (non-hydrogen) atoms. The minimum atomic E-state index is -0.361. The molecule has 0 saturated carbocycles. The van der Waals surface area contributed by atoms with Crippen LogP contribution in [-0.4, -0.2) is 39.5 Å². The van der Waals surface area contributed by atoms with E-state index >= 15 is 0 Å². The fourth-order valence-corrected chi connectivity index (χ4v) is 0. The zero-order chi connectivity index (χ0) is 4.71. The Labute approximate surface area is 47.4 Å². The van der Waals surface area contributed by atoms with Gasteiger partial charge in [0.15, 0.2) is 0 Å². The van der Waals surface area contributed by atoms with E-state index in [9.17, 15) is 0 Å². The van der Waals surface area contributed by atoms with Gasteiger partial charge in [0.2, 0.25) is 0 Å². The normalized spacial score (nSPS) is 3.00. The van der Waals surface area contributed by atoms with Crippen LogP contribution in [0.15, 0.2) is 0 Å². The van der Waals surface area contributed by atoms with Gasteiger partial charge in [-0.2, -0.15) is 0 Å². The summed E-state index contributed by atoms with van der Waals surface area (Å²) in [7, 11) is 0.897. The standard InChI is InChI=1S/2Al.2O.H3Si.H/h;;;;1H3;. The monoisotopic (exact) mass is 118 g/mol. The quantitative estimate of drug-likeness (QED) is 0.331. The van der Waals surface area contributed by atoms with Crippen molar-refractivity contribution < 1.29 is 7.61 Å². The van der Waals surface area contributed by atoms with Crippen molar-refractivity contribution in [3.63, 3.8) is 0 Å². The molecule has 0 amide bonds. The van der Waals surface area contributed by atoms with E-state index < -0.39 is 0 Å². The molecule has 0 aromatic rings. The van der Waals surface area contributed by atoms with Crippen LogP contribution in [0.4, 0.5) is 0 Å². The number of hydrogen-bond donors (Lipinski definition) is 0. The Kier molecular flexibility index (Phi) is 38.6. The summed E-state index contributed by atoms with van der Waals surface area (Å²) in [6.45, 7) is 0. The molecule has 0 saturated heterocycles. The van der Waals surface area contributed by atoms with Crippen LogP contribution in [0.3, 0.4) is 0 Å². The Bertz CT molecular complexity index is 21.6. The van der Waals surface area contributed by atoms with Crippen molar-refractivity contribution in [2.24, 2.45) is 0 Å². The van der Waals surface area contributed by atoms with Gasteiger partial charge in [-0.05, 0) is 0 Å². The molecule has 0 aromatic carbocycles. The van der Waals surface area contributed by atoms with E-state index in [0.717, 1.165) is 8.80 Å². The van der Waals surface area contributed by atoms with E-state index in [1.165, 1.54) is 0 Å². The van der Waals surface area contributed by atoms with E-state index in [1.807, 2.05) is 0 Å². The molecule has 2 nitrogen and oxygen atoms in total. The summed E-state index contributed by atoms with van der Waals surface area (Å²) in [5.74, 6) is 0. The number of hydrogen-bond acceptors (Lipinski definition) is 2. The SMILES string of the molecule is [O]=[AlH].[O]=[Al][SiH3]. The summed E-state index contributed by atoms with van der Waals surface area (Å²) in [5, 5.41) is 0. The van der Waals surface area contributed by atoms with Crippen molar-refractivity contribution in [2.75, 3.05) is 0 Å². The third-order valence-electron chi connectivity index (χ3n) is 0. The van der Waals surface area contributed by atoms with Gasteiger partial charge in [-0.3, -0.25) is 0 Å². The van der Waals surface area contributed by atoms with Crippen molar-refractivity contribution in [2.45, 2.75) is 0 Å².